The summed E-state index contributed by atoms with van der Waals surface area (Å²) in [5.41, 5.74) is -0.178. The van der Waals surface area contributed by atoms with Gasteiger partial charge in [-0.15, -0.1) is 0 Å². The third-order valence-corrected chi connectivity index (χ3v) is 3.99. The molecule has 1 atom stereocenters. The molecular formula is C15H19F2NO2. The van der Waals surface area contributed by atoms with E-state index >= 15 is 0 Å². The fourth-order valence-corrected chi connectivity index (χ4v) is 3.04. The van der Waals surface area contributed by atoms with Crippen LogP contribution in [0.15, 0.2) is 18.2 Å². The Morgan fingerprint density at radius 2 is 2.15 bits per heavy atom. The number of rotatable bonds is 3. The number of piperidine rings is 1. The second-order valence-electron chi connectivity index (χ2n) is 6.04. The molecule has 0 bridgehead atoms. The molecule has 0 radical (unpaired) electrons. The maximum absolute atomic E-state index is 13.7. The van der Waals surface area contributed by atoms with Crippen molar-refractivity contribution < 1.29 is 18.7 Å². The van der Waals surface area contributed by atoms with Crippen LogP contribution in [0.25, 0.3) is 0 Å². The fraction of sp³-hybridized carbons (Fsp3) is 0.533. The average molecular weight is 283 g/mol. The minimum absolute atomic E-state index is 0.115. The van der Waals surface area contributed by atoms with Crippen molar-refractivity contribution in [1.29, 1.82) is 0 Å². The van der Waals surface area contributed by atoms with Crippen LogP contribution in [0, 0.1) is 17.0 Å². The van der Waals surface area contributed by atoms with Crippen LogP contribution in [-0.2, 0) is 11.3 Å². The Morgan fingerprint density at radius 3 is 2.80 bits per heavy atom. The summed E-state index contributed by atoms with van der Waals surface area (Å²) in [6.07, 6.45) is 1.67. The number of nitrogens with zero attached hydrogens (tertiary/aromatic N) is 1. The maximum Gasteiger partial charge on any atom is 0.321 e. The first-order chi connectivity index (χ1) is 9.31. The van der Waals surface area contributed by atoms with Gasteiger partial charge >= 0.3 is 5.97 Å². The van der Waals surface area contributed by atoms with Gasteiger partial charge in [0.2, 0.25) is 0 Å². The molecule has 20 heavy (non-hydrogen) atoms. The Kier molecular flexibility index (Phi) is 4.09. The summed E-state index contributed by atoms with van der Waals surface area (Å²) in [6, 6.07) is 2.60. The van der Waals surface area contributed by atoms with Gasteiger partial charge in [0.05, 0.1) is 0 Å². The topological polar surface area (TPSA) is 40.5 Å². The van der Waals surface area contributed by atoms with Crippen LogP contribution in [-0.4, -0.2) is 28.6 Å². The van der Waals surface area contributed by atoms with E-state index in [-0.39, 0.29) is 17.5 Å². The predicted octanol–water partition coefficient (Wildman–Crippen LogP) is 3.04. The van der Waals surface area contributed by atoms with Crippen molar-refractivity contribution in [2.75, 3.05) is 6.54 Å². The van der Waals surface area contributed by atoms with Gasteiger partial charge in [0, 0.05) is 12.1 Å². The van der Waals surface area contributed by atoms with E-state index in [0.29, 0.717) is 6.54 Å². The number of likely N-dealkylation sites (tertiary alicyclic amines) is 1. The lowest BCUT2D eigenvalue weighted by Gasteiger charge is -2.44. The molecule has 1 unspecified atom stereocenters. The summed E-state index contributed by atoms with van der Waals surface area (Å²) in [4.78, 5) is 13.2. The van der Waals surface area contributed by atoms with E-state index in [1.54, 1.807) is 4.90 Å². The molecule has 1 fully saturated rings. The van der Waals surface area contributed by atoms with Crippen molar-refractivity contribution in [2.24, 2.45) is 5.41 Å². The predicted molar refractivity (Wildman–Crippen MR) is 71.2 cm³/mol. The Bertz CT molecular complexity index is 517. The lowest BCUT2D eigenvalue weighted by atomic mass is 9.76. The smallest absolute Gasteiger partial charge is 0.321 e. The summed E-state index contributed by atoms with van der Waals surface area (Å²) in [6.45, 7) is 4.50. The normalized spacial score (nSPS) is 22.7. The van der Waals surface area contributed by atoms with Crippen LogP contribution in [0.4, 0.5) is 8.78 Å². The standard InChI is InChI=1S/C15H19F2NO2/c1-15(2)6-3-7-18(13(15)14(19)20)9-10-8-11(16)4-5-12(10)17/h4-5,8,13H,3,6-7,9H2,1-2H3,(H,19,20). The molecule has 0 saturated carbocycles. The summed E-state index contributed by atoms with van der Waals surface area (Å²) < 4.78 is 26.9. The number of carboxylic acid groups (broad SMARTS) is 1. The van der Waals surface area contributed by atoms with Gasteiger partial charge in [0.1, 0.15) is 17.7 Å². The van der Waals surface area contributed by atoms with Gasteiger partial charge in [0.15, 0.2) is 0 Å². The van der Waals surface area contributed by atoms with Crippen LogP contribution in [0.3, 0.4) is 0 Å². The molecular weight excluding hydrogens is 264 g/mol. The third kappa shape index (κ3) is 2.98. The van der Waals surface area contributed by atoms with Crippen molar-refractivity contribution in [1.82, 2.24) is 4.90 Å². The van der Waals surface area contributed by atoms with E-state index < -0.39 is 23.6 Å². The zero-order valence-electron chi connectivity index (χ0n) is 11.7. The van der Waals surface area contributed by atoms with E-state index in [4.69, 9.17) is 0 Å². The second kappa shape index (κ2) is 5.48. The molecule has 0 spiro atoms. The molecule has 1 aliphatic rings. The quantitative estimate of drug-likeness (QED) is 0.927. The van der Waals surface area contributed by atoms with Crippen LogP contribution < -0.4 is 0 Å². The Hall–Kier alpha value is -1.49. The number of aliphatic carboxylic acids is 1. The van der Waals surface area contributed by atoms with Crippen LogP contribution >= 0.6 is 0 Å². The summed E-state index contributed by atoms with van der Waals surface area (Å²) in [5, 5.41) is 9.44. The Morgan fingerprint density at radius 1 is 1.45 bits per heavy atom. The van der Waals surface area contributed by atoms with E-state index in [1.807, 2.05) is 13.8 Å². The number of halogens is 2. The highest BCUT2D eigenvalue weighted by Crippen LogP contribution is 2.36. The second-order valence-corrected chi connectivity index (χ2v) is 6.04. The molecule has 5 heteroatoms. The van der Waals surface area contributed by atoms with Gasteiger partial charge < -0.3 is 5.11 Å². The van der Waals surface area contributed by atoms with E-state index in [1.165, 1.54) is 0 Å². The molecule has 1 aromatic carbocycles. The minimum atomic E-state index is -0.911. The molecule has 1 aliphatic heterocycles. The van der Waals surface area contributed by atoms with E-state index in [9.17, 15) is 18.7 Å². The van der Waals surface area contributed by atoms with Crippen molar-refractivity contribution in [3.63, 3.8) is 0 Å². The number of carboxylic acids is 1. The number of hydrogen-bond acceptors (Lipinski definition) is 2. The molecule has 0 aromatic heterocycles. The minimum Gasteiger partial charge on any atom is -0.480 e. The van der Waals surface area contributed by atoms with Crippen LogP contribution in [0.5, 0.6) is 0 Å². The summed E-state index contributed by atoms with van der Waals surface area (Å²) in [5.74, 6) is -1.92. The molecule has 1 N–H and O–H groups in total. The van der Waals surface area contributed by atoms with Gasteiger partial charge in [-0.2, -0.15) is 0 Å². The highest BCUT2D eigenvalue weighted by atomic mass is 19.1. The molecule has 3 nitrogen and oxygen atoms in total. The molecule has 1 aromatic rings. The number of carbonyl (C=O) groups is 1. The first-order valence-electron chi connectivity index (χ1n) is 6.72. The zero-order chi connectivity index (χ0) is 14.9. The van der Waals surface area contributed by atoms with Gasteiger partial charge in [-0.1, -0.05) is 13.8 Å². The van der Waals surface area contributed by atoms with Crippen molar-refractivity contribution in [3.05, 3.63) is 35.4 Å². The van der Waals surface area contributed by atoms with Crippen molar-refractivity contribution >= 4 is 5.97 Å². The Labute approximate surface area is 117 Å². The average Bonchev–Trinajstić information content (AvgIpc) is 2.32. The first-order valence-corrected chi connectivity index (χ1v) is 6.72. The molecule has 0 amide bonds. The highest BCUT2D eigenvalue weighted by Gasteiger charge is 2.42. The van der Waals surface area contributed by atoms with Gasteiger partial charge in [-0.3, -0.25) is 9.69 Å². The molecule has 110 valence electrons. The van der Waals surface area contributed by atoms with Gasteiger partial charge in [-0.05, 0) is 43.0 Å². The molecule has 2 rings (SSSR count). The first kappa shape index (κ1) is 14.9. The van der Waals surface area contributed by atoms with Crippen molar-refractivity contribution in [2.45, 2.75) is 39.3 Å². The lowest BCUT2D eigenvalue weighted by molar-refractivity contribution is -0.151. The Balaban J connectivity index is 2.26. The van der Waals surface area contributed by atoms with Crippen LogP contribution in [0.2, 0.25) is 0 Å². The van der Waals surface area contributed by atoms with Gasteiger partial charge in [-0.25, -0.2) is 8.78 Å². The lowest BCUT2D eigenvalue weighted by Crippen LogP contribution is -2.53. The summed E-state index contributed by atoms with van der Waals surface area (Å²) >= 11 is 0. The molecule has 0 aliphatic carbocycles. The molecule has 1 saturated heterocycles. The summed E-state index contributed by atoms with van der Waals surface area (Å²) in [7, 11) is 0. The van der Waals surface area contributed by atoms with E-state index in [0.717, 1.165) is 31.0 Å². The fourth-order valence-electron chi connectivity index (χ4n) is 3.04. The van der Waals surface area contributed by atoms with Gasteiger partial charge in [0.25, 0.3) is 0 Å². The van der Waals surface area contributed by atoms with Crippen molar-refractivity contribution in [3.8, 4) is 0 Å². The zero-order valence-corrected chi connectivity index (χ0v) is 11.7. The van der Waals surface area contributed by atoms with E-state index in [2.05, 4.69) is 0 Å². The highest BCUT2D eigenvalue weighted by molar-refractivity contribution is 5.74. The van der Waals surface area contributed by atoms with Crippen LogP contribution in [0.1, 0.15) is 32.3 Å². The maximum atomic E-state index is 13.7. The largest absolute Gasteiger partial charge is 0.480 e. The SMILES string of the molecule is CC1(C)CCCN(Cc2cc(F)ccc2F)C1C(=O)O. The molecule has 1 heterocycles. The number of hydrogen-bond donors (Lipinski definition) is 1. The number of benzene rings is 1. The monoisotopic (exact) mass is 283 g/mol. The third-order valence-electron chi connectivity index (χ3n) is 3.99.